The number of thioether (sulfide) groups is 1. The van der Waals surface area contributed by atoms with E-state index in [0.29, 0.717) is 5.03 Å². The molecule has 0 saturated heterocycles. The van der Waals surface area contributed by atoms with E-state index >= 15 is 0 Å². The van der Waals surface area contributed by atoms with Crippen LogP contribution in [-0.2, 0) is 0 Å². The standard InChI is InChI=1S/C8H9N3O4S/c1-15-5-3-4(11(13)14)6(7(9)12)10-8(5)16-2/h3H,1-2H3,(H2,9,12). The average Bonchev–Trinajstić information content (AvgIpc) is 2.26. The van der Waals surface area contributed by atoms with E-state index in [4.69, 9.17) is 10.5 Å². The van der Waals surface area contributed by atoms with Gasteiger partial charge in [0.2, 0.25) is 5.69 Å². The largest absolute Gasteiger partial charge is 0.494 e. The molecule has 86 valence electrons. The summed E-state index contributed by atoms with van der Waals surface area (Å²) < 4.78 is 4.92. The normalized spacial score (nSPS) is 9.88. The van der Waals surface area contributed by atoms with Crippen molar-refractivity contribution in [2.75, 3.05) is 13.4 Å². The number of nitrogens with two attached hydrogens (primary N) is 1. The van der Waals surface area contributed by atoms with Crippen molar-refractivity contribution in [3.05, 3.63) is 21.9 Å². The average molecular weight is 243 g/mol. The molecular weight excluding hydrogens is 234 g/mol. The third-order valence-electron chi connectivity index (χ3n) is 1.78. The molecule has 1 heterocycles. The van der Waals surface area contributed by atoms with Gasteiger partial charge in [0.15, 0.2) is 5.75 Å². The van der Waals surface area contributed by atoms with Gasteiger partial charge in [-0.15, -0.1) is 11.8 Å². The van der Waals surface area contributed by atoms with Crippen molar-refractivity contribution in [1.82, 2.24) is 4.98 Å². The molecule has 0 spiro atoms. The first-order valence-corrected chi connectivity index (χ1v) is 5.31. The van der Waals surface area contributed by atoms with Crippen molar-refractivity contribution in [3.8, 4) is 5.75 Å². The highest BCUT2D eigenvalue weighted by Gasteiger charge is 2.23. The zero-order valence-corrected chi connectivity index (χ0v) is 9.41. The lowest BCUT2D eigenvalue weighted by atomic mass is 10.3. The number of rotatable bonds is 4. The van der Waals surface area contributed by atoms with E-state index in [-0.39, 0.29) is 11.4 Å². The number of hydrogen-bond acceptors (Lipinski definition) is 6. The summed E-state index contributed by atoms with van der Waals surface area (Å²) >= 11 is 1.21. The second kappa shape index (κ2) is 4.79. The fourth-order valence-electron chi connectivity index (χ4n) is 1.08. The molecule has 0 aliphatic heterocycles. The molecule has 16 heavy (non-hydrogen) atoms. The minimum absolute atomic E-state index is 0.240. The first-order chi connectivity index (χ1) is 7.51. The van der Waals surface area contributed by atoms with Crippen LogP contribution in [0.1, 0.15) is 10.5 Å². The molecule has 0 aliphatic carbocycles. The number of carbonyl (C=O) groups is 1. The van der Waals surface area contributed by atoms with Crippen LogP contribution in [0.3, 0.4) is 0 Å². The van der Waals surface area contributed by atoms with Crippen molar-refractivity contribution < 1.29 is 14.5 Å². The van der Waals surface area contributed by atoms with Crippen LogP contribution >= 0.6 is 11.8 Å². The van der Waals surface area contributed by atoms with Crippen molar-refractivity contribution in [1.29, 1.82) is 0 Å². The highest BCUT2D eigenvalue weighted by molar-refractivity contribution is 7.98. The quantitative estimate of drug-likeness (QED) is 0.476. The van der Waals surface area contributed by atoms with Crippen molar-refractivity contribution >= 4 is 23.4 Å². The van der Waals surface area contributed by atoms with Crippen molar-refractivity contribution in [3.63, 3.8) is 0 Å². The van der Waals surface area contributed by atoms with Crippen LogP contribution in [0.4, 0.5) is 5.69 Å². The molecule has 7 nitrogen and oxygen atoms in total. The van der Waals surface area contributed by atoms with Crippen LogP contribution < -0.4 is 10.5 Å². The monoisotopic (exact) mass is 243 g/mol. The van der Waals surface area contributed by atoms with Crippen LogP contribution in [0.5, 0.6) is 5.75 Å². The Bertz CT molecular complexity index is 408. The Morgan fingerprint density at radius 2 is 2.31 bits per heavy atom. The molecule has 0 saturated carbocycles. The molecule has 0 aromatic carbocycles. The fraction of sp³-hybridized carbons (Fsp3) is 0.250. The number of aromatic nitrogens is 1. The van der Waals surface area contributed by atoms with Crippen LogP contribution in [0.25, 0.3) is 0 Å². The molecule has 0 bridgehead atoms. The summed E-state index contributed by atoms with van der Waals surface area (Å²) in [5.74, 6) is -0.700. The van der Waals surface area contributed by atoms with Gasteiger partial charge in [0.05, 0.1) is 18.1 Å². The Hall–Kier alpha value is -1.83. The van der Waals surface area contributed by atoms with E-state index in [1.165, 1.54) is 18.9 Å². The molecule has 8 heteroatoms. The molecule has 1 rings (SSSR count). The van der Waals surface area contributed by atoms with E-state index in [1.807, 2.05) is 0 Å². The van der Waals surface area contributed by atoms with Crippen molar-refractivity contribution in [2.24, 2.45) is 5.73 Å². The summed E-state index contributed by atoms with van der Waals surface area (Å²) in [6.07, 6.45) is 1.71. The molecule has 1 aromatic rings. The summed E-state index contributed by atoms with van der Waals surface area (Å²) in [5.41, 5.74) is 4.19. The van der Waals surface area contributed by atoms with E-state index in [9.17, 15) is 14.9 Å². The lowest BCUT2D eigenvalue weighted by Gasteiger charge is -2.06. The minimum atomic E-state index is -0.940. The van der Waals surface area contributed by atoms with Gasteiger partial charge in [-0.3, -0.25) is 14.9 Å². The highest BCUT2D eigenvalue weighted by atomic mass is 32.2. The van der Waals surface area contributed by atoms with Gasteiger partial charge in [0.1, 0.15) is 5.03 Å². The van der Waals surface area contributed by atoms with Gasteiger partial charge in [0, 0.05) is 0 Å². The van der Waals surface area contributed by atoms with Crippen LogP contribution in [0.2, 0.25) is 0 Å². The molecule has 0 fully saturated rings. The summed E-state index contributed by atoms with van der Waals surface area (Å²) in [5, 5.41) is 11.1. The summed E-state index contributed by atoms with van der Waals surface area (Å²) in [6, 6.07) is 1.14. The first kappa shape index (κ1) is 12.2. The van der Waals surface area contributed by atoms with E-state index in [2.05, 4.69) is 4.98 Å². The zero-order chi connectivity index (χ0) is 12.3. The molecule has 0 radical (unpaired) electrons. The molecule has 0 unspecified atom stereocenters. The van der Waals surface area contributed by atoms with Crippen molar-refractivity contribution in [2.45, 2.75) is 5.03 Å². The Balaban J connectivity index is 3.47. The SMILES string of the molecule is COc1cc([N+](=O)[O-])c(C(N)=O)nc1SC. The highest BCUT2D eigenvalue weighted by Crippen LogP contribution is 2.31. The number of amides is 1. The Morgan fingerprint density at radius 1 is 1.69 bits per heavy atom. The maximum Gasteiger partial charge on any atom is 0.304 e. The number of methoxy groups -OCH3 is 1. The number of nitrogens with zero attached hydrogens (tertiary/aromatic N) is 2. The molecule has 1 amide bonds. The van der Waals surface area contributed by atoms with E-state index < -0.39 is 16.5 Å². The third-order valence-corrected chi connectivity index (χ3v) is 2.46. The number of nitro groups is 1. The Labute approximate surface area is 95.1 Å². The van der Waals surface area contributed by atoms with E-state index in [1.54, 1.807) is 6.26 Å². The second-order valence-corrected chi connectivity index (χ2v) is 3.48. The maximum absolute atomic E-state index is 11.0. The number of hydrogen-bond donors (Lipinski definition) is 1. The molecule has 0 atom stereocenters. The number of pyridine rings is 1. The van der Waals surface area contributed by atoms with Gasteiger partial charge < -0.3 is 10.5 Å². The number of carbonyl (C=O) groups excluding carboxylic acids is 1. The van der Waals surface area contributed by atoms with Gasteiger partial charge in [-0.25, -0.2) is 4.98 Å². The molecule has 2 N–H and O–H groups in total. The van der Waals surface area contributed by atoms with E-state index in [0.717, 1.165) is 6.07 Å². The minimum Gasteiger partial charge on any atom is -0.494 e. The second-order valence-electron chi connectivity index (χ2n) is 2.69. The summed E-state index contributed by atoms with van der Waals surface area (Å²) in [6.45, 7) is 0. The van der Waals surface area contributed by atoms with Gasteiger partial charge in [0.25, 0.3) is 5.91 Å². The maximum atomic E-state index is 11.0. The van der Waals surface area contributed by atoms with Gasteiger partial charge >= 0.3 is 5.69 Å². The first-order valence-electron chi connectivity index (χ1n) is 4.08. The summed E-state index contributed by atoms with van der Waals surface area (Å²) in [4.78, 5) is 24.8. The van der Waals surface area contributed by atoms with Crippen LogP contribution in [-0.4, -0.2) is 29.2 Å². The van der Waals surface area contributed by atoms with Gasteiger partial charge in [-0.05, 0) is 6.26 Å². The Kier molecular flexibility index (Phi) is 3.67. The van der Waals surface area contributed by atoms with Gasteiger partial charge in [-0.1, -0.05) is 0 Å². The lowest BCUT2D eigenvalue weighted by molar-refractivity contribution is -0.385. The number of primary amides is 1. The lowest BCUT2D eigenvalue weighted by Crippen LogP contribution is -2.16. The Morgan fingerprint density at radius 3 is 2.69 bits per heavy atom. The number of ether oxygens (including phenoxy) is 1. The predicted molar refractivity (Wildman–Crippen MR) is 57.7 cm³/mol. The smallest absolute Gasteiger partial charge is 0.304 e. The predicted octanol–water partition coefficient (Wildman–Crippen LogP) is 0.819. The van der Waals surface area contributed by atoms with Gasteiger partial charge in [-0.2, -0.15) is 0 Å². The molecule has 1 aromatic heterocycles. The van der Waals surface area contributed by atoms with Crippen LogP contribution in [0, 0.1) is 10.1 Å². The fourth-order valence-corrected chi connectivity index (χ4v) is 1.61. The zero-order valence-electron chi connectivity index (χ0n) is 8.59. The molecule has 0 aliphatic rings. The summed E-state index contributed by atoms with van der Waals surface area (Å²) in [7, 11) is 1.37. The van der Waals surface area contributed by atoms with Crippen LogP contribution in [0.15, 0.2) is 11.1 Å². The topological polar surface area (TPSA) is 108 Å². The third kappa shape index (κ3) is 2.22. The molecular formula is C8H9N3O4S.